The van der Waals surface area contributed by atoms with Gasteiger partial charge in [0, 0.05) is 46.9 Å². The van der Waals surface area contributed by atoms with Crippen molar-refractivity contribution < 1.29 is 14.3 Å². The molecule has 0 unspecified atom stereocenters. The lowest BCUT2D eigenvalue weighted by Gasteiger charge is -2.25. The highest BCUT2D eigenvalue weighted by Gasteiger charge is 2.28. The number of carbonyl (C=O) groups is 1. The second kappa shape index (κ2) is 12.3. The molecule has 0 radical (unpaired) electrons. The zero-order chi connectivity index (χ0) is 29.1. The molecular weight excluding hydrogens is 534 g/mol. The fraction of sp³-hybridized carbons (Fsp3) is 0.533. The number of imidazole rings is 2. The molecule has 0 N–H and O–H groups in total. The SMILES string of the molecule is CCn1cnc2cc(-c3nc(N(C)CCN4CCCC4)c(C(=O)OC)c4c3ncn4COCC[Si](C)(C)C)ccc21. The summed E-state index contributed by atoms with van der Waals surface area (Å²) in [6.07, 6.45) is 6.08. The van der Waals surface area contributed by atoms with Gasteiger partial charge in [0.15, 0.2) is 0 Å². The van der Waals surface area contributed by atoms with Crippen LogP contribution in [0.1, 0.15) is 30.1 Å². The van der Waals surface area contributed by atoms with E-state index in [0.29, 0.717) is 41.4 Å². The number of ether oxygens (including phenoxy) is 2. The molecule has 1 saturated heterocycles. The van der Waals surface area contributed by atoms with Gasteiger partial charge in [-0.3, -0.25) is 0 Å². The van der Waals surface area contributed by atoms with Crippen LogP contribution < -0.4 is 4.90 Å². The number of methoxy groups -OCH3 is 1. The van der Waals surface area contributed by atoms with Gasteiger partial charge in [0.1, 0.15) is 29.3 Å². The van der Waals surface area contributed by atoms with Crippen molar-refractivity contribution in [3.05, 3.63) is 36.4 Å². The molecule has 0 bridgehead atoms. The number of aromatic nitrogens is 5. The summed E-state index contributed by atoms with van der Waals surface area (Å²) in [6, 6.07) is 7.26. The zero-order valence-electron chi connectivity index (χ0n) is 25.3. The Balaban J connectivity index is 1.61. The van der Waals surface area contributed by atoms with Gasteiger partial charge in [-0.1, -0.05) is 25.7 Å². The summed E-state index contributed by atoms with van der Waals surface area (Å²) in [7, 11) is 2.17. The number of fused-ring (bicyclic) bond motifs is 2. The first-order valence-electron chi connectivity index (χ1n) is 14.6. The number of anilines is 1. The van der Waals surface area contributed by atoms with Gasteiger partial charge in [-0.2, -0.15) is 0 Å². The van der Waals surface area contributed by atoms with Gasteiger partial charge in [-0.15, -0.1) is 0 Å². The van der Waals surface area contributed by atoms with Crippen LogP contribution in [0.5, 0.6) is 0 Å². The Morgan fingerprint density at radius 2 is 1.85 bits per heavy atom. The summed E-state index contributed by atoms with van der Waals surface area (Å²) in [4.78, 5) is 32.5. The second-order valence-electron chi connectivity index (χ2n) is 12.1. The van der Waals surface area contributed by atoms with Crippen molar-refractivity contribution in [2.75, 3.05) is 51.8 Å². The summed E-state index contributed by atoms with van der Waals surface area (Å²) in [5.74, 6) is 0.152. The van der Waals surface area contributed by atoms with Gasteiger partial charge < -0.3 is 28.4 Å². The van der Waals surface area contributed by atoms with Crippen LogP contribution in [0.4, 0.5) is 5.82 Å². The van der Waals surface area contributed by atoms with E-state index in [-0.39, 0.29) is 0 Å². The summed E-state index contributed by atoms with van der Waals surface area (Å²) in [5, 5.41) is 0. The number of benzene rings is 1. The number of pyridine rings is 1. The van der Waals surface area contributed by atoms with Crippen molar-refractivity contribution in [1.29, 1.82) is 0 Å². The maximum atomic E-state index is 13.4. The van der Waals surface area contributed by atoms with Crippen molar-refractivity contribution in [2.24, 2.45) is 0 Å². The predicted molar refractivity (Wildman–Crippen MR) is 166 cm³/mol. The monoisotopic (exact) mass is 577 g/mol. The summed E-state index contributed by atoms with van der Waals surface area (Å²) in [5.41, 5.74) is 5.32. The molecule has 4 heterocycles. The van der Waals surface area contributed by atoms with Crippen molar-refractivity contribution >= 4 is 41.9 Å². The Bertz CT molecular complexity index is 1520. The predicted octanol–water partition coefficient (Wildman–Crippen LogP) is 5.10. The van der Waals surface area contributed by atoms with Crippen LogP contribution in [0.15, 0.2) is 30.9 Å². The smallest absolute Gasteiger partial charge is 0.343 e. The van der Waals surface area contributed by atoms with Crippen molar-refractivity contribution in [2.45, 2.75) is 58.7 Å². The van der Waals surface area contributed by atoms with Gasteiger partial charge in [0.25, 0.3) is 0 Å². The van der Waals surface area contributed by atoms with Crippen LogP contribution in [0.3, 0.4) is 0 Å². The van der Waals surface area contributed by atoms with E-state index < -0.39 is 14.0 Å². The number of aryl methyl sites for hydroxylation is 1. The number of carbonyl (C=O) groups excluding carboxylic acids is 1. The second-order valence-corrected chi connectivity index (χ2v) is 17.7. The molecule has 1 aliphatic rings. The molecule has 0 saturated carbocycles. The molecule has 3 aromatic heterocycles. The maximum absolute atomic E-state index is 13.4. The summed E-state index contributed by atoms with van der Waals surface area (Å²) in [6.45, 7) is 14.8. The lowest BCUT2D eigenvalue weighted by molar-refractivity contribution is 0.0601. The van der Waals surface area contributed by atoms with Crippen LogP contribution in [0, 0.1) is 0 Å². The van der Waals surface area contributed by atoms with Gasteiger partial charge in [-0.25, -0.2) is 19.7 Å². The largest absolute Gasteiger partial charge is 0.465 e. The highest BCUT2D eigenvalue weighted by atomic mass is 28.3. The number of rotatable bonds is 12. The standard InChI is InChI=1S/C30H43N7O3Si/c1-7-36-19-31-23-18-22(10-11-24(23)36)26-27-28(37(20-32-27)21-40-16-17-41(4,5)6)25(30(38)39-3)29(33-26)34(2)14-15-35-12-8-9-13-35/h10-11,18-20H,7-9,12-17,21H2,1-6H3. The maximum Gasteiger partial charge on any atom is 0.343 e. The third-order valence-electron chi connectivity index (χ3n) is 7.90. The van der Waals surface area contributed by atoms with Crippen LogP contribution >= 0.6 is 0 Å². The van der Waals surface area contributed by atoms with Crippen molar-refractivity contribution in [1.82, 2.24) is 29.0 Å². The number of hydrogen-bond donors (Lipinski definition) is 0. The molecule has 41 heavy (non-hydrogen) atoms. The van der Waals surface area contributed by atoms with Crippen LogP contribution in [0.25, 0.3) is 33.3 Å². The highest BCUT2D eigenvalue weighted by Crippen LogP contribution is 2.35. The molecule has 0 amide bonds. The van der Waals surface area contributed by atoms with E-state index in [1.807, 2.05) is 17.9 Å². The minimum absolute atomic E-state index is 0.297. The van der Waals surface area contributed by atoms with E-state index in [9.17, 15) is 4.79 Å². The number of hydrogen-bond acceptors (Lipinski definition) is 8. The Labute approximate surface area is 243 Å². The molecule has 4 aromatic rings. The first kappa shape index (κ1) is 29.2. The van der Waals surface area contributed by atoms with Crippen LogP contribution in [-0.2, 0) is 22.7 Å². The summed E-state index contributed by atoms with van der Waals surface area (Å²) >= 11 is 0. The fourth-order valence-electron chi connectivity index (χ4n) is 5.41. The molecule has 0 aliphatic carbocycles. The number of esters is 1. The highest BCUT2D eigenvalue weighted by molar-refractivity contribution is 6.76. The average molecular weight is 578 g/mol. The van der Waals surface area contributed by atoms with Gasteiger partial charge in [0.05, 0.1) is 36.3 Å². The lowest BCUT2D eigenvalue weighted by atomic mass is 10.1. The average Bonchev–Trinajstić information content (AvgIpc) is 3.72. The fourth-order valence-corrected chi connectivity index (χ4v) is 6.17. The Kier molecular flexibility index (Phi) is 8.76. The Morgan fingerprint density at radius 3 is 2.56 bits per heavy atom. The first-order valence-corrected chi connectivity index (χ1v) is 18.3. The number of nitrogens with zero attached hydrogens (tertiary/aromatic N) is 7. The molecule has 1 aromatic carbocycles. The quantitative estimate of drug-likeness (QED) is 0.131. The minimum Gasteiger partial charge on any atom is -0.465 e. The van der Waals surface area contributed by atoms with Crippen molar-refractivity contribution in [3.63, 3.8) is 0 Å². The number of likely N-dealkylation sites (N-methyl/N-ethyl adjacent to an activating group) is 1. The number of likely N-dealkylation sites (tertiary alicyclic amines) is 1. The van der Waals surface area contributed by atoms with Crippen molar-refractivity contribution in [3.8, 4) is 11.3 Å². The zero-order valence-corrected chi connectivity index (χ0v) is 26.3. The van der Waals surface area contributed by atoms with Gasteiger partial charge in [0.2, 0.25) is 0 Å². The molecule has 1 aliphatic heterocycles. The van der Waals surface area contributed by atoms with E-state index in [2.05, 4.69) is 64.1 Å². The lowest BCUT2D eigenvalue weighted by Crippen LogP contribution is -2.33. The summed E-state index contributed by atoms with van der Waals surface area (Å²) < 4.78 is 15.5. The molecule has 11 heteroatoms. The molecule has 0 atom stereocenters. The van der Waals surface area contributed by atoms with Gasteiger partial charge >= 0.3 is 5.97 Å². The van der Waals surface area contributed by atoms with E-state index in [0.717, 1.165) is 55.4 Å². The molecular formula is C30H43N7O3Si. The molecule has 10 nitrogen and oxygen atoms in total. The van der Waals surface area contributed by atoms with Gasteiger partial charge in [-0.05, 0) is 51.0 Å². The molecule has 5 rings (SSSR count). The third-order valence-corrected chi connectivity index (χ3v) is 9.61. The van der Waals surface area contributed by atoms with E-state index in [1.54, 1.807) is 6.33 Å². The van der Waals surface area contributed by atoms with E-state index in [1.165, 1.54) is 20.0 Å². The Morgan fingerprint density at radius 1 is 1.10 bits per heavy atom. The Hall–Kier alpha value is -3.28. The van der Waals surface area contributed by atoms with Crippen LogP contribution in [-0.4, -0.2) is 90.0 Å². The topological polar surface area (TPSA) is 90.5 Å². The first-order chi connectivity index (χ1) is 19.7. The van der Waals surface area contributed by atoms with E-state index >= 15 is 0 Å². The third kappa shape index (κ3) is 6.31. The normalized spacial score (nSPS) is 14.4. The molecule has 1 fully saturated rings. The van der Waals surface area contributed by atoms with E-state index in [4.69, 9.17) is 19.4 Å². The molecule has 220 valence electrons. The minimum atomic E-state index is -1.24. The molecule has 0 spiro atoms. The van der Waals surface area contributed by atoms with Crippen LogP contribution in [0.2, 0.25) is 25.7 Å².